The predicted molar refractivity (Wildman–Crippen MR) is 78.2 cm³/mol. The second kappa shape index (κ2) is 6.04. The van der Waals surface area contributed by atoms with Gasteiger partial charge in [-0.15, -0.1) is 0 Å². The van der Waals surface area contributed by atoms with Gasteiger partial charge in [0.2, 0.25) is 0 Å². The number of aromatic nitrogens is 2. The Balaban J connectivity index is 1.85. The van der Waals surface area contributed by atoms with Gasteiger partial charge >= 0.3 is 0 Å². The lowest BCUT2D eigenvalue weighted by molar-refractivity contribution is 0.837. The van der Waals surface area contributed by atoms with Crippen molar-refractivity contribution in [2.24, 2.45) is 10.7 Å². The topological polar surface area (TPSA) is 67.7 Å². The Morgan fingerprint density at radius 1 is 1.53 bits per heavy atom. The number of nitrogens with one attached hydrogen (secondary N) is 1. The highest BCUT2D eigenvalue weighted by molar-refractivity contribution is 5.77. The van der Waals surface area contributed by atoms with Crippen molar-refractivity contribution in [1.29, 1.82) is 0 Å². The van der Waals surface area contributed by atoms with Gasteiger partial charge in [0.15, 0.2) is 5.96 Å². The van der Waals surface area contributed by atoms with Gasteiger partial charge in [-0.3, -0.25) is 0 Å². The van der Waals surface area contributed by atoms with E-state index in [9.17, 15) is 0 Å². The molecule has 0 unspecified atom stereocenters. The number of aliphatic imine (C=N–C) groups is 1. The molecule has 0 saturated carbocycles. The Bertz CT molecular complexity index is 564. The van der Waals surface area contributed by atoms with Crippen LogP contribution in [0.3, 0.4) is 0 Å². The van der Waals surface area contributed by atoms with E-state index in [1.54, 1.807) is 0 Å². The number of guanidine groups is 1. The summed E-state index contributed by atoms with van der Waals surface area (Å²) < 4.78 is 2.01. The van der Waals surface area contributed by atoms with Crippen molar-refractivity contribution in [2.45, 2.75) is 13.3 Å². The SMILES string of the molecule is C=C(C)CN=C(N)NCCc1cn2ccccc2n1. The molecular weight excluding hydrogens is 238 g/mol. The van der Waals surface area contributed by atoms with Gasteiger partial charge in [-0.25, -0.2) is 9.98 Å². The smallest absolute Gasteiger partial charge is 0.188 e. The molecule has 5 heteroatoms. The lowest BCUT2D eigenvalue weighted by Gasteiger charge is -2.03. The number of rotatable bonds is 5. The number of hydrogen-bond acceptors (Lipinski definition) is 2. The molecule has 0 aliphatic carbocycles. The van der Waals surface area contributed by atoms with Crippen molar-refractivity contribution < 1.29 is 0 Å². The molecule has 0 bridgehead atoms. The Morgan fingerprint density at radius 2 is 2.37 bits per heavy atom. The normalized spacial score (nSPS) is 11.7. The molecule has 0 atom stereocenters. The summed E-state index contributed by atoms with van der Waals surface area (Å²) in [5.74, 6) is 0.451. The minimum Gasteiger partial charge on any atom is -0.370 e. The third-order valence-corrected chi connectivity index (χ3v) is 2.62. The summed E-state index contributed by atoms with van der Waals surface area (Å²) in [5.41, 5.74) is 8.72. The predicted octanol–water partition coefficient (Wildman–Crippen LogP) is 1.36. The van der Waals surface area contributed by atoms with E-state index in [0.717, 1.165) is 29.9 Å². The maximum Gasteiger partial charge on any atom is 0.188 e. The second-order valence-corrected chi connectivity index (χ2v) is 4.53. The maximum atomic E-state index is 5.73. The first-order valence-corrected chi connectivity index (χ1v) is 6.26. The van der Waals surface area contributed by atoms with E-state index in [0.29, 0.717) is 12.5 Å². The number of pyridine rings is 1. The number of nitrogens with two attached hydrogens (primary N) is 1. The fourth-order valence-corrected chi connectivity index (χ4v) is 1.70. The third kappa shape index (κ3) is 3.84. The minimum absolute atomic E-state index is 0.451. The number of fused-ring (bicyclic) bond motifs is 1. The first kappa shape index (κ1) is 13.1. The summed E-state index contributed by atoms with van der Waals surface area (Å²) in [5, 5.41) is 3.07. The zero-order valence-electron chi connectivity index (χ0n) is 11.1. The second-order valence-electron chi connectivity index (χ2n) is 4.53. The zero-order valence-corrected chi connectivity index (χ0v) is 11.1. The summed E-state index contributed by atoms with van der Waals surface area (Å²) in [7, 11) is 0. The van der Waals surface area contributed by atoms with Crippen LogP contribution in [0.25, 0.3) is 5.65 Å². The zero-order chi connectivity index (χ0) is 13.7. The molecule has 0 radical (unpaired) electrons. The molecule has 2 heterocycles. The average molecular weight is 257 g/mol. The van der Waals surface area contributed by atoms with Crippen molar-refractivity contribution in [3.63, 3.8) is 0 Å². The standard InChI is InChI=1S/C14H19N5/c1-11(2)9-17-14(15)16-7-6-12-10-19-8-4-3-5-13(19)18-12/h3-5,8,10H,1,6-7,9H2,2H3,(H3,15,16,17). The highest BCUT2D eigenvalue weighted by Gasteiger charge is 2.00. The molecule has 100 valence electrons. The fourth-order valence-electron chi connectivity index (χ4n) is 1.70. The molecule has 0 fully saturated rings. The lowest BCUT2D eigenvalue weighted by atomic mass is 10.3. The largest absolute Gasteiger partial charge is 0.370 e. The molecular formula is C14H19N5. The first-order valence-electron chi connectivity index (χ1n) is 6.26. The van der Waals surface area contributed by atoms with Gasteiger partial charge < -0.3 is 15.5 Å². The van der Waals surface area contributed by atoms with E-state index in [2.05, 4.69) is 21.9 Å². The van der Waals surface area contributed by atoms with Gasteiger partial charge in [-0.2, -0.15) is 0 Å². The van der Waals surface area contributed by atoms with Crippen LogP contribution >= 0.6 is 0 Å². The van der Waals surface area contributed by atoms with Crippen LogP contribution in [-0.2, 0) is 6.42 Å². The van der Waals surface area contributed by atoms with Crippen LogP contribution in [0.2, 0.25) is 0 Å². The van der Waals surface area contributed by atoms with Gasteiger partial charge in [0.25, 0.3) is 0 Å². The summed E-state index contributed by atoms with van der Waals surface area (Å²) >= 11 is 0. The van der Waals surface area contributed by atoms with Crippen LogP contribution in [0.1, 0.15) is 12.6 Å². The van der Waals surface area contributed by atoms with Crippen molar-refractivity contribution in [3.8, 4) is 0 Å². The van der Waals surface area contributed by atoms with Crippen LogP contribution in [0.5, 0.6) is 0 Å². The average Bonchev–Trinajstić information content (AvgIpc) is 2.79. The maximum absolute atomic E-state index is 5.73. The Hall–Kier alpha value is -2.30. The molecule has 0 spiro atoms. The molecule has 0 saturated heterocycles. The number of imidazole rings is 1. The van der Waals surface area contributed by atoms with E-state index in [4.69, 9.17) is 5.73 Å². The van der Waals surface area contributed by atoms with Crippen molar-refractivity contribution >= 4 is 11.6 Å². The molecule has 0 amide bonds. The molecule has 2 aromatic rings. The van der Waals surface area contributed by atoms with E-state index in [1.807, 2.05) is 41.9 Å². The number of nitrogens with zero attached hydrogens (tertiary/aromatic N) is 3. The van der Waals surface area contributed by atoms with E-state index < -0.39 is 0 Å². The summed E-state index contributed by atoms with van der Waals surface area (Å²) in [6.07, 6.45) is 4.82. The molecule has 5 nitrogen and oxygen atoms in total. The lowest BCUT2D eigenvalue weighted by Crippen LogP contribution is -2.33. The molecule has 0 aliphatic heterocycles. The third-order valence-electron chi connectivity index (χ3n) is 2.62. The first-order chi connectivity index (χ1) is 9.15. The monoisotopic (exact) mass is 257 g/mol. The van der Waals surface area contributed by atoms with E-state index in [-0.39, 0.29) is 0 Å². The Labute approximate surface area is 112 Å². The van der Waals surface area contributed by atoms with Crippen molar-refractivity contribution in [2.75, 3.05) is 13.1 Å². The molecule has 0 aliphatic rings. The molecule has 2 rings (SSSR count). The highest BCUT2D eigenvalue weighted by atomic mass is 15.1. The molecule has 3 N–H and O–H groups in total. The van der Waals surface area contributed by atoms with Crippen LogP contribution in [0, 0.1) is 0 Å². The van der Waals surface area contributed by atoms with Gasteiger partial charge in [0, 0.05) is 25.4 Å². The van der Waals surface area contributed by atoms with E-state index in [1.165, 1.54) is 0 Å². The summed E-state index contributed by atoms with van der Waals surface area (Å²) in [6.45, 7) is 6.98. The van der Waals surface area contributed by atoms with Crippen LogP contribution in [0.15, 0.2) is 47.7 Å². The van der Waals surface area contributed by atoms with Gasteiger partial charge in [0.1, 0.15) is 5.65 Å². The highest BCUT2D eigenvalue weighted by Crippen LogP contribution is 2.04. The Kier molecular flexibility index (Phi) is 4.18. The van der Waals surface area contributed by atoms with Crippen molar-refractivity contribution in [1.82, 2.24) is 14.7 Å². The molecule has 19 heavy (non-hydrogen) atoms. The fraction of sp³-hybridized carbons (Fsp3) is 0.286. The van der Waals surface area contributed by atoms with Crippen molar-refractivity contribution in [3.05, 3.63) is 48.4 Å². The van der Waals surface area contributed by atoms with Gasteiger partial charge in [0.05, 0.1) is 12.2 Å². The van der Waals surface area contributed by atoms with E-state index >= 15 is 0 Å². The van der Waals surface area contributed by atoms with Crippen LogP contribution < -0.4 is 11.1 Å². The molecule has 0 aromatic carbocycles. The van der Waals surface area contributed by atoms with Crippen LogP contribution in [-0.4, -0.2) is 28.4 Å². The molecule has 2 aromatic heterocycles. The van der Waals surface area contributed by atoms with Gasteiger partial charge in [-0.1, -0.05) is 18.2 Å². The summed E-state index contributed by atoms with van der Waals surface area (Å²) in [6, 6.07) is 5.95. The van der Waals surface area contributed by atoms with Crippen LogP contribution in [0.4, 0.5) is 0 Å². The minimum atomic E-state index is 0.451. The Morgan fingerprint density at radius 3 is 3.11 bits per heavy atom. The number of hydrogen-bond donors (Lipinski definition) is 2. The quantitative estimate of drug-likeness (QED) is 0.483. The van der Waals surface area contributed by atoms with Gasteiger partial charge in [-0.05, 0) is 19.1 Å². The summed E-state index contributed by atoms with van der Waals surface area (Å²) in [4.78, 5) is 8.67.